The first-order valence-electron chi connectivity index (χ1n) is 14.3. The zero-order valence-electron chi connectivity index (χ0n) is 23.9. The van der Waals surface area contributed by atoms with E-state index in [1.807, 2.05) is 44.3 Å². The lowest BCUT2D eigenvalue weighted by Gasteiger charge is -2.29. The maximum absolute atomic E-state index is 13.6. The lowest BCUT2D eigenvalue weighted by Crippen LogP contribution is -2.58. The summed E-state index contributed by atoms with van der Waals surface area (Å²) in [5, 5.41) is 25.8. The number of aromatic nitrogens is 1. The van der Waals surface area contributed by atoms with E-state index in [0.717, 1.165) is 16.5 Å². The van der Waals surface area contributed by atoms with Crippen LogP contribution in [0.1, 0.15) is 44.2 Å². The number of carbonyl (C=O) groups is 4. The van der Waals surface area contributed by atoms with Crippen LogP contribution in [-0.2, 0) is 32.0 Å². The number of fused-ring (bicyclic) bond motifs is 1. The molecule has 0 radical (unpaired) electrons. The summed E-state index contributed by atoms with van der Waals surface area (Å²) >= 11 is 0. The Morgan fingerprint density at radius 2 is 1.69 bits per heavy atom. The number of rotatable bonds is 12. The van der Waals surface area contributed by atoms with E-state index in [2.05, 4.69) is 15.6 Å². The predicted molar refractivity (Wildman–Crippen MR) is 157 cm³/mol. The number of aromatic hydroxyl groups is 1. The molecule has 224 valence electrons. The van der Waals surface area contributed by atoms with E-state index in [9.17, 15) is 29.4 Å². The number of carbonyl (C=O) groups excluding carboxylic acids is 3. The van der Waals surface area contributed by atoms with Crippen LogP contribution in [-0.4, -0.2) is 74.5 Å². The molecule has 3 amide bonds. The number of nitrogens with zero attached hydrogens (tertiary/aromatic N) is 1. The minimum atomic E-state index is -1.09. The van der Waals surface area contributed by atoms with Gasteiger partial charge in [-0.05, 0) is 60.9 Å². The van der Waals surface area contributed by atoms with Gasteiger partial charge in [-0.3, -0.25) is 14.4 Å². The topological polar surface area (TPSA) is 178 Å². The predicted octanol–water partition coefficient (Wildman–Crippen LogP) is 2.08. The third-order valence-electron chi connectivity index (χ3n) is 7.60. The van der Waals surface area contributed by atoms with Crippen molar-refractivity contribution in [2.45, 2.75) is 70.1 Å². The van der Waals surface area contributed by atoms with Gasteiger partial charge < -0.3 is 36.5 Å². The Kier molecular flexibility index (Phi) is 9.84. The molecule has 4 unspecified atom stereocenters. The van der Waals surface area contributed by atoms with Gasteiger partial charge in [0.2, 0.25) is 17.7 Å². The number of nitrogens with one attached hydrogen (secondary N) is 3. The van der Waals surface area contributed by atoms with Crippen LogP contribution in [0.15, 0.2) is 54.7 Å². The van der Waals surface area contributed by atoms with Crippen LogP contribution >= 0.6 is 0 Å². The highest BCUT2D eigenvalue weighted by molar-refractivity contribution is 5.94. The number of amides is 3. The molecule has 7 N–H and O–H groups in total. The first-order valence-corrected chi connectivity index (χ1v) is 14.3. The molecule has 1 aliphatic rings. The third-order valence-corrected chi connectivity index (χ3v) is 7.60. The molecule has 2 aromatic carbocycles. The monoisotopic (exact) mass is 577 g/mol. The van der Waals surface area contributed by atoms with Crippen molar-refractivity contribution in [3.05, 3.63) is 65.9 Å². The molecule has 1 saturated heterocycles. The molecular weight excluding hydrogens is 538 g/mol. The number of hydrogen-bond donors (Lipinski definition) is 6. The zero-order valence-corrected chi connectivity index (χ0v) is 23.9. The molecule has 4 atom stereocenters. The van der Waals surface area contributed by atoms with Crippen LogP contribution in [0.2, 0.25) is 0 Å². The van der Waals surface area contributed by atoms with Crippen molar-refractivity contribution in [2.75, 3.05) is 6.54 Å². The van der Waals surface area contributed by atoms with Crippen molar-refractivity contribution >= 4 is 34.6 Å². The number of phenols is 1. The van der Waals surface area contributed by atoms with Gasteiger partial charge in [0, 0.05) is 30.1 Å². The Morgan fingerprint density at radius 1 is 1.00 bits per heavy atom. The molecule has 1 aromatic heterocycles. The van der Waals surface area contributed by atoms with Crippen LogP contribution in [0.3, 0.4) is 0 Å². The zero-order chi connectivity index (χ0) is 30.4. The summed E-state index contributed by atoms with van der Waals surface area (Å²) in [6.45, 7) is 4.10. The van der Waals surface area contributed by atoms with Crippen LogP contribution in [0.5, 0.6) is 5.75 Å². The molecule has 0 saturated carbocycles. The van der Waals surface area contributed by atoms with Crippen molar-refractivity contribution < 1.29 is 29.4 Å². The Balaban J connectivity index is 1.50. The largest absolute Gasteiger partial charge is 0.508 e. The molecule has 1 aliphatic heterocycles. The first-order chi connectivity index (χ1) is 20.0. The van der Waals surface area contributed by atoms with Crippen molar-refractivity contribution in [2.24, 2.45) is 11.7 Å². The smallest absolute Gasteiger partial charge is 0.326 e. The summed E-state index contributed by atoms with van der Waals surface area (Å²) in [6.07, 6.45) is 3.34. The number of hydrogen-bond acceptors (Lipinski definition) is 6. The molecule has 11 nitrogen and oxygen atoms in total. The van der Waals surface area contributed by atoms with E-state index in [4.69, 9.17) is 5.73 Å². The lowest BCUT2D eigenvalue weighted by atomic mass is 9.99. The van der Waals surface area contributed by atoms with Crippen molar-refractivity contribution in [1.82, 2.24) is 20.5 Å². The van der Waals surface area contributed by atoms with E-state index >= 15 is 0 Å². The van der Waals surface area contributed by atoms with E-state index in [-0.39, 0.29) is 31.1 Å². The van der Waals surface area contributed by atoms with E-state index in [1.54, 1.807) is 12.1 Å². The summed E-state index contributed by atoms with van der Waals surface area (Å²) in [5.74, 6) is -2.56. The number of aromatic amines is 1. The number of benzene rings is 2. The van der Waals surface area contributed by atoms with Crippen molar-refractivity contribution in [3.8, 4) is 5.75 Å². The van der Waals surface area contributed by atoms with E-state index < -0.39 is 47.9 Å². The number of H-pyrrole nitrogens is 1. The molecule has 1 fully saturated rings. The van der Waals surface area contributed by atoms with Crippen LogP contribution in [0, 0.1) is 5.92 Å². The first kappa shape index (κ1) is 30.6. The highest BCUT2D eigenvalue weighted by atomic mass is 16.4. The quantitative estimate of drug-likeness (QED) is 0.191. The molecule has 4 rings (SSSR count). The summed E-state index contributed by atoms with van der Waals surface area (Å²) in [7, 11) is 0. The highest BCUT2D eigenvalue weighted by Gasteiger charge is 2.38. The van der Waals surface area contributed by atoms with Gasteiger partial charge in [-0.15, -0.1) is 0 Å². The van der Waals surface area contributed by atoms with Gasteiger partial charge in [0.1, 0.15) is 23.9 Å². The maximum atomic E-state index is 13.6. The number of likely N-dealkylation sites (tertiary alicyclic amines) is 1. The minimum absolute atomic E-state index is 0.0344. The van der Waals surface area contributed by atoms with E-state index in [1.165, 1.54) is 17.0 Å². The molecular formula is C31H39N5O6. The van der Waals surface area contributed by atoms with Gasteiger partial charge in [-0.25, -0.2) is 4.79 Å². The minimum Gasteiger partial charge on any atom is -0.508 e. The Labute approximate surface area is 244 Å². The average molecular weight is 578 g/mol. The second-order valence-corrected chi connectivity index (χ2v) is 11.3. The van der Waals surface area contributed by atoms with E-state index in [0.29, 0.717) is 24.8 Å². The lowest BCUT2D eigenvalue weighted by molar-refractivity contribution is -0.149. The van der Waals surface area contributed by atoms with Crippen LogP contribution in [0.4, 0.5) is 0 Å². The number of para-hydroxylation sites is 1. The summed E-state index contributed by atoms with van der Waals surface area (Å²) in [5.41, 5.74) is 8.76. The van der Waals surface area contributed by atoms with Crippen LogP contribution in [0.25, 0.3) is 10.9 Å². The fourth-order valence-corrected chi connectivity index (χ4v) is 5.44. The van der Waals surface area contributed by atoms with Gasteiger partial charge in [0.25, 0.3) is 0 Å². The second-order valence-electron chi connectivity index (χ2n) is 11.3. The summed E-state index contributed by atoms with van der Waals surface area (Å²) in [4.78, 5) is 56.7. The van der Waals surface area contributed by atoms with Crippen molar-refractivity contribution in [3.63, 3.8) is 0 Å². The number of aliphatic carboxylic acids is 1. The Bertz CT molecular complexity index is 1420. The Hall–Kier alpha value is -4.38. The molecule has 2 heterocycles. The SMILES string of the molecule is CC(C)CC(NC(=O)C(N)Cc1c[nH]c2ccccc12)C(=O)NC(Cc1ccc(O)cc1)C(=O)N1CCCC1C(=O)O. The summed E-state index contributed by atoms with van der Waals surface area (Å²) in [6, 6.07) is 10.0. The molecule has 0 spiro atoms. The fraction of sp³-hybridized carbons (Fsp3) is 0.419. The number of carboxylic acid groups (broad SMARTS) is 1. The van der Waals surface area contributed by atoms with Gasteiger partial charge in [0.05, 0.1) is 6.04 Å². The van der Waals surface area contributed by atoms with Crippen LogP contribution < -0.4 is 16.4 Å². The molecule has 11 heteroatoms. The van der Waals surface area contributed by atoms with Gasteiger partial charge in [-0.1, -0.05) is 44.2 Å². The molecule has 3 aromatic rings. The van der Waals surface area contributed by atoms with Gasteiger partial charge in [-0.2, -0.15) is 0 Å². The van der Waals surface area contributed by atoms with Gasteiger partial charge >= 0.3 is 5.97 Å². The fourth-order valence-electron chi connectivity index (χ4n) is 5.44. The number of phenolic OH excluding ortho intramolecular Hbond substituents is 1. The standard InChI is InChI=1S/C31H39N5O6/c1-18(2)14-25(34-28(38)23(32)16-20-17-33-24-7-4-3-6-22(20)24)29(39)35-26(15-19-9-11-21(37)12-10-19)30(40)36-13-5-8-27(36)31(41)42/h3-4,6-7,9-12,17-18,23,25-27,33,37H,5,8,13-16,32H2,1-2H3,(H,34,38)(H,35,39)(H,41,42). The Morgan fingerprint density at radius 3 is 2.38 bits per heavy atom. The highest BCUT2D eigenvalue weighted by Crippen LogP contribution is 2.21. The second kappa shape index (κ2) is 13.5. The molecule has 0 bridgehead atoms. The van der Waals surface area contributed by atoms with Gasteiger partial charge in [0.15, 0.2) is 0 Å². The molecule has 0 aliphatic carbocycles. The summed E-state index contributed by atoms with van der Waals surface area (Å²) < 4.78 is 0. The normalized spacial score (nSPS) is 17.1. The third kappa shape index (κ3) is 7.47. The number of carboxylic acids is 1. The maximum Gasteiger partial charge on any atom is 0.326 e. The number of nitrogens with two attached hydrogens (primary N) is 1. The molecule has 42 heavy (non-hydrogen) atoms. The average Bonchev–Trinajstić information content (AvgIpc) is 3.61. The van der Waals surface area contributed by atoms with Crippen molar-refractivity contribution in [1.29, 1.82) is 0 Å².